The summed E-state index contributed by atoms with van der Waals surface area (Å²) in [6, 6.07) is 0. The zero-order valence-electron chi connectivity index (χ0n) is 13.5. The maximum Gasteiger partial charge on any atom is 0.491 e. The summed E-state index contributed by atoms with van der Waals surface area (Å²) in [5.74, 6) is -2.72. The van der Waals surface area contributed by atoms with Gasteiger partial charge in [-0.1, -0.05) is 0 Å². The third kappa shape index (κ3) is 7.19. The summed E-state index contributed by atoms with van der Waals surface area (Å²) in [6.45, 7) is -0.190. The lowest BCUT2D eigenvalue weighted by atomic mass is 10.5. The maximum atomic E-state index is 12.0. The third-order valence-corrected chi connectivity index (χ3v) is 2.62. The van der Waals surface area contributed by atoms with E-state index in [-0.39, 0.29) is 39.6 Å². The Kier molecular flexibility index (Phi) is 8.99. The van der Waals surface area contributed by atoms with Gasteiger partial charge in [0.05, 0.1) is 26.4 Å². The molecule has 1 aromatic heterocycles. The molecule has 0 aliphatic heterocycles. The number of aromatic nitrogens is 3. The van der Waals surface area contributed by atoms with E-state index in [2.05, 4.69) is 15.4 Å². The molecule has 25 heavy (non-hydrogen) atoms. The number of carbonyl (C=O) groups is 2. The molecule has 0 atom stereocenters. The average Bonchev–Trinajstić information content (AvgIpc) is 2.99. The van der Waals surface area contributed by atoms with Gasteiger partial charge < -0.3 is 34.7 Å². The van der Waals surface area contributed by atoms with Gasteiger partial charge in [0, 0.05) is 18.8 Å². The van der Waals surface area contributed by atoms with Crippen LogP contribution in [0, 0.1) is 10.1 Å². The summed E-state index contributed by atoms with van der Waals surface area (Å²) in [5.41, 5.74) is 0. The summed E-state index contributed by atoms with van der Waals surface area (Å²) >= 11 is 0. The lowest BCUT2D eigenvalue weighted by Gasteiger charge is -2.05. The van der Waals surface area contributed by atoms with E-state index in [1.54, 1.807) is 0 Å². The minimum absolute atomic E-state index is 0.0775. The Morgan fingerprint density at radius 3 is 2.72 bits per heavy atom. The maximum absolute atomic E-state index is 12.0. The van der Waals surface area contributed by atoms with Gasteiger partial charge in [-0.15, -0.1) is 0 Å². The van der Waals surface area contributed by atoms with Crippen molar-refractivity contribution < 1.29 is 33.8 Å². The van der Waals surface area contributed by atoms with E-state index in [1.807, 2.05) is 0 Å². The van der Waals surface area contributed by atoms with E-state index < -0.39 is 35.1 Å². The van der Waals surface area contributed by atoms with Crippen molar-refractivity contribution in [1.29, 1.82) is 0 Å². The molecule has 0 unspecified atom stereocenters. The van der Waals surface area contributed by atoms with Crippen molar-refractivity contribution in [2.24, 2.45) is 0 Å². The highest BCUT2D eigenvalue weighted by atomic mass is 16.6. The first kappa shape index (κ1) is 20.4. The van der Waals surface area contributed by atoms with Crippen LogP contribution in [0.1, 0.15) is 10.6 Å². The van der Waals surface area contributed by atoms with Crippen LogP contribution in [-0.4, -0.2) is 83.4 Å². The fourth-order valence-electron chi connectivity index (χ4n) is 1.58. The van der Waals surface area contributed by atoms with Crippen molar-refractivity contribution in [3.8, 4) is 0 Å². The standard InChI is InChI=1S/C12H19N5O8/c1-23-4-2-13-11(20)10-14-12(17(21)22)15-16(10)8-9(19)25-7-6-24-5-3-18/h18H,2-8H2,1H3,(H,13,20). The topological polar surface area (TPSA) is 168 Å². The van der Waals surface area contributed by atoms with Gasteiger partial charge in [-0.05, 0) is 9.91 Å². The number of carbonyl (C=O) groups excluding carboxylic acids is 2. The molecule has 0 aromatic carbocycles. The van der Waals surface area contributed by atoms with Gasteiger partial charge in [-0.2, -0.15) is 4.68 Å². The minimum Gasteiger partial charge on any atom is -0.462 e. The number of aliphatic hydroxyl groups is 1. The highest BCUT2D eigenvalue weighted by Crippen LogP contribution is 2.06. The number of aliphatic hydroxyl groups excluding tert-OH is 1. The smallest absolute Gasteiger partial charge is 0.462 e. The quantitative estimate of drug-likeness (QED) is 0.186. The van der Waals surface area contributed by atoms with Crippen LogP contribution >= 0.6 is 0 Å². The van der Waals surface area contributed by atoms with Crippen molar-refractivity contribution in [2.45, 2.75) is 6.54 Å². The molecule has 1 aromatic rings. The average molecular weight is 361 g/mol. The van der Waals surface area contributed by atoms with Crippen molar-refractivity contribution in [3.05, 3.63) is 15.9 Å². The number of hydrogen-bond donors (Lipinski definition) is 2. The Balaban J connectivity index is 2.68. The summed E-state index contributed by atoms with van der Waals surface area (Å²) in [6.07, 6.45) is 0. The second-order valence-electron chi connectivity index (χ2n) is 4.46. The van der Waals surface area contributed by atoms with Crippen molar-refractivity contribution in [2.75, 3.05) is 46.7 Å². The van der Waals surface area contributed by atoms with Crippen LogP contribution < -0.4 is 5.32 Å². The number of hydrogen-bond acceptors (Lipinski definition) is 10. The van der Waals surface area contributed by atoms with Crippen LogP contribution in [-0.2, 0) is 25.5 Å². The Bertz CT molecular complexity index is 590. The molecule has 13 heteroatoms. The lowest BCUT2D eigenvalue weighted by Crippen LogP contribution is -2.31. The van der Waals surface area contributed by atoms with Crippen molar-refractivity contribution in [1.82, 2.24) is 20.1 Å². The highest BCUT2D eigenvalue weighted by Gasteiger charge is 2.28. The Morgan fingerprint density at radius 2 is 2.08 bits per heavy atom. The molecule has 0 radical (unpaired) electrons. The van der Waals surface area contributed by atoms with Gasteiger partial charge in [-0.25, -0.2) is 4.79 Å². The van der Waals surface area contributed by atoms with E-state index >= 15 is 0 Å². The number of rotatable bonds is 12. The van der Waals surface area contributed by atoms with E-state index in [9.17, 15) is 19.7 Å². The molecule has 0 saturated heterocycles. The predicted octanol–water partition coefficient (Wildman–Crippen LogP) is -1.89. The molecule has 1 heterocycles. The van der Waals surface area contributed by atoms with Crippen molar-refractivity contribution >= 4 is 17.8 Å². The fourth-order valence-corrected chi connectivity index (χ4v) is 1.58. The molecule has 1 amide bonds. The fraction of sp³-hybridized carbons (Fsp3) is 0.667. The van der Waals surface area contributed by atoms with Gasteiger partial charge in [0.1, 0.15) is 6.61 Å². The Labute approximate surface area is 142 Å². The Hall–Kier alpha value is -2.64. The van der Waals surface area contributed by atoms with E-state index in [0.717, 1.165) is 4.68 Å². The monoisotopic (exact) mass is 361 g/mol. The van der Waals surface area contributed by atoms with E-state index in [0.29, 0.717) is 0 Å². The van der Waals surface area contributed by atoms with E-state index in [1.165, 1.54) is 7.11 Å². The molecule has 0 bridgehead atoms. The largest absolute Gasteiger partial charge is 0.491 e. The molecular formula is C12H19N5O8. The molecule has 0 aliphatic carbocycles. The van der Waals surface area contributed by atoms with Crippen LogP contribution in [0.5, 0.6) is 0 Å². The number of methoxy groups -OCH3 is 1. The molecular weight excluding hydrogens is 342 g/mol. The zero-order chi connectivity index (χ0) is 18.7. The number of esters is 1. The summed E-state index contributed by atoms with van der Waals surface area (Å²) in [5, 5.41) is 25.2. The van der Waals surface area contributed by atoms with Crippen molar-refractivity contribution in [3.63, 3.8) is 0 Å². The second kappa shape index (κ2) is 11.0. The van der Waals surface area contributed by atoms with Gasteiger partial charge >= 0.3 is 23.6 Å². The summed E-state index contributed by atoms with van der Waals surface area (Å²) < 4.78 is 15.3. The van der Waals surface area contributed by atoms with Crippen LogP contribution in [0.4, 0.5) is 5.95 Å². The Morgan fingerprint density at radius 1 is 1.32 bits per heavy atom. The number of amides is 1. The normalized spacial score (nSPS) is 10.5. The minimum atomic E-state index is -0.878. The number of nitrogens with one attached hydrogen (secondary N) is 1. The molecule has 13 nitrogen and oxygen atoms in total. The van der Waals surface area contributed by atoms with Crippen LogP contribution in [0.25, 0.3) is 0 Å². The lowest BCUT2D eigenvalue weighted by molar-refractivity contribution is -0.394. The molecule has 140 valence electrons. The van der Waals surface area contributed by atoms with Crippen LogP contribution in [0.15, 0.2) is 0 Å². The molecule has 0 spiro atoms. The second-order valence-corrected chi connectivity index (χ2v) is 4.46. The molecule has 2 N–H and O–H groups in total. The van der Waals surface area contributed by atoms with Gasteiger partial charge in [0.25, 0.3) is 0 Å². The van der Waals surface area contributed by atoms with E-state index in [4.69, 9.17) is 19.3 Å². The van der Waals surface area contributed by atoms with Gasteiger partial charge in [0.2, 0.25) is 0 Å². The molecule has 0 saturated carbocycles. The number of nitro groups is 1. The van der Waals surface area contributed by atoms with Crippen LogP contribution in [0.2, 0.25) is 0 Å². The molecule has 0 fully saturated rings. The first-order chi connectivity index (χ1) is 12.0. The third-order valence-electron chi connectivity index (χ3n) is 2.62. The van der Waals surface area contributed by atoms with Crippen LogP contribution in [0.3, 0.4) is 0 Å². The number of ether oxygens (including phenoxy) is 3. The zero-order valence-corrected chi connectivity index (χ0v) is 13.5. The van der Waals surface area contributed by atoms with Gasteiger partial charge in [-0.3, -0.25) is 4.79 Å². The molecule has 1 rings (SSSR count). The first-order valence-corrected chi connectivity index (χ1v) is 7.20. The number of nitrogens with zero attached hydrogens (tertiary/aromatic N) is 4. The molecule has 0 aliphatic rings. The first-order valence-electron chi connectivity index (χ1n) is 7.20. The predicted molar refractivity (Wildman–Crippen MR) is 79.7 cm³/mol. The SMILES string of the molecule is COCCNC(=O)c1nc([N+](=O)[O-])nn1CC(=O)OCCOCCO. The summed E-state index contributed by atoms with van der Waals surface area (Å²) in [4.78, 5) is 37.1. The summed E-state index contributed by atoms with van der Waals surface area (Å²) in [7, 11) is 1.44. The van der Waals surface area contributed by atoms with Gasteiger partial charge in [0.15, 0.2) is 6.54 Å². The highest BCUT2D eigenvalue weighted by molar-refractivity contribution is 5.91.